The first kappa shape index (κ1) is 15.4. The van der Waals surface area contributed by atoms with E-state index in [4.69, 9.17) is 10.5 Å². The van der Waals surface area contributed by atoms with Gasteiger partial charge >= 0.3 is 0 Å². The van der Waals surface area contributed by atoms with Gasteiger partial charge in [-0.3, -0.25) is 4.79 Å². The van der Waals surface area contributed by atoms with Gasteiger partial charge in [-0.25, -0.2) is 0 Å². The van der Waals surface area contributed by atoms with E-state index in [2.05, 4.69) is 26.1 Å². The van der Waals surface area contributed by atoms with Crippen LogP contribution in [0.15, 0.2) is 0 Å². The van der Waals surface area contributed by atoms with Crippen LogP contribution >= 0.6 is 0 Å². The molecule has 0 radical (unpaired) electrons. The van der Waals surface area contributed by atoms with Crippen LogP contribution in [0, 0.1) is 5.92 Å². The van der Waals surface area contributed by atoms with Crippen LogP contribution in [0.5, 0.6) is 0 Å². The number of amides is 1. The van der Waals surface area contributed by atoms with Crippen LogP contribution in [0.3, 0.4) is 0 Å². The quantitative estimate of drug-likeness (QED) is 0.556. The monoisotopic (exact) mass is 230 g/mol. The molecule has 0 saturated carbocycles. The van der Waals surface area contributed by atoms with E-state index in [9.17, 15) is 4.79 Å². The molecule has 0 aromatic rings. The highest BCUT2D eigenvalue weighted by Crippen LogP contribution is 2.11. The van der Waals surface area contributed by atoms with Crippen LogP contribution < -0.4 is 11.1 Å². The second-order valence-corrected chi connectivity index (χ2v) is 4.33. The molecule has 4 heteroatoms. The summed E-state index contributed by atoms with van der Waals surface area (Å²) in [6.45, 7) is 8.01. The summed E-state index contributed by atoms with van der Waals surface area (Å²) in [7, 11) is 0. The van der Waals surface area contributed by atoms with E-state index in [0.29, 0.717) is 12.6 Å². The molecule has 0 aromatic carbocycles. The summed E-state index contributed by atoms with van der Waals surface area (Å²) in [6.07, 6.45) is 3.54. The molecule has 2 atom stereocenters. The molecule has 0 aliphatic rings. The second-order valence-electron chi connectivity index (χ2n) is 4.33. The predicted molar refractivity (Wildman–Crippen MR) is 66.2 cm³/mol. The van der Waals surface area contributed by atoms with Crippen molar-refractivity contribution < 1.29 is 9.53 Å². The van der Waals surface area contributed by atoms with Gasteiger partial charge < -0.3 is 15.8 Å². The molecule has 0 bridgehead atoms. The first-order valence-electron chi connectivity index (χ1n) is 6.19. The Balaban J connectivity index is 3.51. The molecule has 0 rings (SSSR count). The van der Waals surface area contributed by atoms with Gasteiger partial charge in [0.15, 0.2) is 0 Å². The third kappa shape index (κ3) is 8.68. The molecule has 3 N–H and O–H groups in total. The van der Waals surface area contributed by atoms with Crippen molar-refractivity contribution in [1.29, 1.82) is 0 Å². The van der Waals surface area contributed by atoms with Crippen LogP contribution in [-0.4, -0.2) is 31.7 Å². The molecular weight excluding hydrogens is 204 g/mol. The van der Waals surface area contributed by atoms with Crippen molar-refractivity contribution in [3.63, 3.8) is 0 Å². The maximum Gasteiger partial charge on any atom is 0.243 e. The fourth-order valence-electron chi connectivity index (χ4n) is 1.55. The summed E-state index contributed by atoms with van der Waals surface area (Å²) in [5.74, 6) is 0.343. The van der Waals surface area contributed by atoms with Gasteiger partial charge in [-0.05, 0) is 18.8 Å². The smallest absolute Gasteiger partial charge is 0.243 e. The Labute approximate surface area is 98.9 Å². The summed E-state index contributed by atoms with van der Waals surface area (Å²) < 4.78 is 5.08. The van der Waals surface area contributed by atoms with Crippen LogP contribution in [0.4, 0.5) is 0 Å². The minimum absolute atomic E-state index is 0.0177. The first-order valence-corrected chi connectivity index (χ1v) is 6.19. The molecule has 0 saturated heterocycles. The van der Waals surface area contributed by atoms with Gasteiger partial charge in [0.05, 0.1) is 6.61 Å². The SMILES string of the molecule is CCC(C)CC(CC)NCCOCC(N)=O. The van der Waals surface area contributed by atoms with Crippen molar-refractivity contribution in [2.45, 2.75) is 46.1 Å². The standard InChI is InChI=1S/C12H26N2O2/c1-4-10(3)8-11(5-2)14-6-7-16-9-12(13)15/h10-11,14H,4-9H2,1-3H3,(H2,13,15). The maximum atomic E-state index is 10.4. The number of nitrogens with two attached hydrogens (primary N) is 1. The first-order chi connectivity index (χ1) is 7.60. The van der Waals surface area contributed by atoms with Gasteiger partial charge in [0, 0.05) is 12.6 Å². The highest BCUT2D eigenvalue weighted by atomic mass is 16.5. The maximum absolute atomic E-state index is 10.4. The average Bonchev–Trinajstić information content (AvgIpc) is 2.26. The molecule has 1 amide bonds. The molecule has 4 nitrogen and oxygen atoms in total. The lowest BCUT2D eigenvalue weighted by Gasteiger charge is -2.20. The van der Waals surface area contributed by atoms with E-state index in [0.717, 1.165) is 18.9 Å². The highest BCUT2D eigenvalue weighted by Gasteiger charge is 2.09. The summed E-state index contributed by atoms with van der Waals surface area (Å²) in [6, 6.07) is 0.548. The number of hydrogen-bond donors (Lipinski definition) is 2. The van der Waals surface area contributed by atoms with Crippen molar-refractivity contribution in [1.82, 2.24) is 5.32 Å². The Morgan fingerprint density at radius 1 is 1.38 bits per heavy atom. The van der Waals surface area contributed by atoms with E-state index >= 15 is 0 Å². The minimum atomic E-state index is -0.411. The number of carbonyl (C=O) groups is 1. The molecule has 96 valence electrons. The molecule has 16 heavy (non-hydrogen) atoms. The molecule has 0 fully saturated rings. The van der Waals surface area contributed by atoms with Gasteiger partial charge in [0.2, 0.25) is 5.91 Å². The summed E-state index contributed by atoms with van der Waals surface area (Å²) in [5.41, 5.74) is 4.96. The number of primary amides is 1. The number of hydrogen-bond acceptors (Lipinski definition) is 3. The van der Waals surface area contributed by atoms with Gasteiger partial charge in [-0.1, -0.05) is 27.2 Å². The summed E-state index contributed by atoms with van der Waals surface area (Å²) in [4.78, 5) is 10.4. The Hall–Kier alpha value is -0.610. The molecular formula is C12H26N2O2. The van der Waals surface area contributed by atoms with Gasteiger partial charge in [0.1, 0.15) is 6.61 Å². The Bertz CT molecular complexity index is 186. The highest BCUT2D eigenvalue weighted by molar-refractivity contribution is 5.74. The zero-order chi connectivity index (χ0) is 12.4. The predicted octanol–water partition coefficient (Wildman–Crippen LogP) is 1.29. The Kier molecular flexibility index (Phi) is 9.24. The third-order valence-electron chi connectivity index (χ3n) is 2.80. The molecule has 0 aromatic heterocycles. The number of carbonyl (C=O) groups excluding carboxylic acids is 1. The molecule has 0 heterocycles. The number of ether oxygens (including phenoxy) is 1. The summed E-state index contributed by atoms with van der Waals surface area (Å²) in [5, 5.41) is 3.43. The molecule has 2 unspecified atom stereocenters. The zero-order valence-corrected chi connectivity index (χ0v) is 10.8. The van der Waals surface area contributed by atoms with Gasteiger partial charge in [-0.15, -0.1) is 0 Å². The van der Waals surface area contributed by atoms with Crippen molar-refractivity contribution >= 4 is 5.91 Å². The van der Waals surface area contributed by atoms with Gasteiger partial charge in [0.25, 0.3) is 0 Å². The summed E-state index contributed by atoms with van der Waals surface area (Å²) >= 11 is 0. The normalized spacial score (nSPS) is 14.7. The second kappa shape index (κ2) is 9.60. The average molecular weight is 230 g/mol. The van der Waals surface area contributed by atoms with E-state index in [1.807, 2.05) is 0 Å². The third-order valence-corrected chi connectivity index (χ3v) is 2.80. The van der Waals surface area contributed by atoms with E-state index in [-0.39, 0.29) is 6.61 Å². The van der Waals surface area contributed by atoms with E-state index in [1.165, 1.54) is 12.8 Å². The largest absolute Gasteiger partial charge is 0.370 e. The van der Waals surface area contributed by atoms with Gasteiger partial charge in [-0.2, -0.15) is 0 Å². The van der Waals surface area contributed by atoms with E-state index in [1.54, 1.807) is 0 Å². The van der Waals surface area contributed by atoms with Crippen molar-refractivity contribution in [2.24, 2.45) is 11.7 Å². The lowest BCUT2D eigenvalue weighted by Crippen LogP contribution is -2.33. The van der Waals surface area contributed by atoms with Crippen LogP contribution in [0.25, 0.3) is 0 Å². The lowest BCUT2D eigenvalue weighted by atomic mass is 9.98. The zero-order valence-electron chi connectivity index (χ0n) is 10.8. The molecule has 0 aliphatic carbocycles. The minimum Gasteiger partial charge on any atom is -0.370 e. The molecule has 0 aliphatic heterocycles. The van der Waals surface area contributed by atoms with Crippen LogP contribution in [0.1, 0.15) is 40.0 Å². The van der Waals surface area contributed by atoms with Crippen molar-refractivity contribution in [2.75, 3.05) is 19.8 Å². The van der Waals surface area contributed by atoms with Crippen molar-refractivity contribution in [3.8, 4) is 0 Å². The van der Waals surface area contributed by atoms with Crippen LogP contribution in [-0.2, 0) is 9.53 Å². The Morgan fingerprint density at radius 2 is 2.06 bits per heavy atom. The van der Waals surface area contributed by atoms with E-state index < -0.39 is 5.91 Å². The molecule has 0 spiro atoms. The number of nitrogens with one attached hydrogen (secondary N) is 1. The fourth-order valence-corrected chi connectivity index (χ4v) is 1.55. The van der Waals surface area contributed by atoms with Crippen molar-refractivity contribution in [3.05, 3.63) is 0 Å². The van der Waals surface area contributed by atoms with Crippen LogP contribution in [0.2, 0.25) is 0 Å². The number of rotatable bonds is 10. The fraction of sp³-hybridized carbons (Fsp3) is 0.917. The lowest BCUT2D eigenvalue weighted by molar-refractivity contribution is -0.122. The topological polar surface area (TPSA) is 64.3 Å². The Morgan fingerprint density at radius 3 is 2.56 bits per heavy atom.